The fourth-order valence-electron chi connectivity index (χ4n) is 6.33. The Kier molecular flexibility index (Phi) is 20.3. The lowest BCUT2D eigenvalue weighted by Crippen LogP contribution is -2.49. The zero-order chi connectivity index (χ0) is 42.1. The van der Waals surface area contributed by atoms with E-state index in [4.69, 9.17) is 22.8 Å². The molecule has 0 aromatic heterocycles. The Balaban J connectivity index is 3.45. The van der Waals surface area contributed by atoms with Crippen molar-refractivity contribution in [2.45, 2.75) is 196 Å². The molecule has 1 rings (SSSR count). The van der Waals surface area contributed by atoms with Gasteiger partial charge in [-0.05, 0) is 114 Å². The highest BCUT2D eigenvalue weighted by Gasteiger charge is 2.44. The monoisotopic (exact) mass is 916 g/mol. The topological polar surface area (TPSA) is 46.2 Å². The number of hydrogen-bond donors (Lipinski definition) is 0. The molecule has 0 aliphatic rings. The quantitative estimate of drug-likeness (QED) is 0.0698. The fourth-order valence-corrected chi connectivity index (χ4v) is 10.8. The maximum absolute atomic E-state index is 7.43. The predicted octanol–water partition coefficient (Wildman–Crippen LogP) is 14.1. The highest BCUT2D eigenvalue weighted by Crippen LogP contribution is 2.43. The lowest BCUT2D eigenvalue weighted by atomic mass is 9.83. The Morgan fingerprint density at radius 3 is 1.63 bits per heavy atom. The van der Waals surface area contributed by atoms with Crippen LogP contribution in [0.1, 0.15) is 122 Å². The van der Waals surface area contributed by atoms with Crippen LogP contribution in [0.25, 0.3) is 0 Å². The van der Waals surface area contributed by atoms with Gasteiger partial charge in [-0.25, -0.2) is 0 Å². The van der Waals surface area contributed by atoms with Crippen LogP contribution in [0.2, 0.25) is 54.4 Å². The average Bonchev–Trinajstić information content (AvgIpc) is 3.03. The number of halogens is 1. The van der Waals surface area contributed by atoms with Crippen LogP contribution in [0.5, 0.6) is 5.75 Å². The van der Waals surface area contributed by atoms with E-state index >= 15 is 0 Å². The summed E-state index contributed by atoms with van der Waals surface area (Å²) >= 11 is 2.18. The van der Waals surface area contributed by atoms with E-state index in [1.54, 1.807) is 7.11 Å². The smallest absolute Gasteiger partial charge is 0.192 e. The van der Waals surface area contributed by atoms with Gasteiger partial charge >= 0.3 is 0 Å². The van der Waals surface area contributed by atoms with Crippen LogP contribution in [-0.4, -0.2) is 57.0 Å². The van der Waals surface area contributed by atoms with Gasteiger partial charge in [-0.1, -0.05) is 108 Å². The number of ether oxygens (including phenoxy) is 2. The summed E-state index contributed by atoms with van der Waals surface area (Å²) in [6.45, 7) is 48.2. The zero-order valence-corrected chi connectivity index (χ0v) is 44.0. The first kappa shape index (κ1) is 51.8. The SMILES string of the molecule is COc1ccc(CO[C@H]([C@@H](C)[C@@H](CC[C@H](C)C[C@H](C)[C@@H](O[Si](C)(C)C(C)(C)C)[C@@H](C)C#CI)O[Si](C)(C)C(C)(C)C)[C@@H](C)CO[Si](C)(C)C(C)(C)C)cc1. The first-order valence-corrected chi connectivity index (χ1v) is 30.6. The summed E-state index contributed by atoms with van der Waals surface area (Å²) in [7, 11) is -4.30. The summed E-state index contributed by atoms with van der Waals surface area (Å²) < 4.78 is 37.0. The van der Waals surface area contributed by atoms with Crippen LogP contribution in [0.15, 0.2) is 24.3 Å². The van der Waals surface area contributed by atoms with Crippen LogP contribution >= 0.6 is 22.6 Å². The molecule has 0 saturated carbocycles. The molecule has 0 unspecified atom stereocenters. The van der Waals surface area contributed by atoms with Gasteiger partial charge in [0.15, 0.2) is 25.0 Å². The molecule has 0 radical (unpaired) electrons. The van der Waals surface area contributed by atoms with Gasteiger partial charge in [0.25, 0.3) is 0 Å². The minimum Gasteiger partial charge on any atom is -0.497 e. The van der Waals surface area contributed by atoms with E-state index in [2.05, 4.69) is 181 Å². The number of hydrogen-bond acceptors (Lipinski definition) is 5. The Labute approximate surface area is 352 Å². The van der Waals surface area contributed by atoms with E-state index < -0.39 is 25.0 Å². The van der Waals surface area contributed by atoms with Gasteiger partial charge in [0, 0.05) is 47.0 Å². The third-order valence-electron chi connectivity index (χ3n) is 13.3. The second-order valence-corrected chi connectivity index (χ2v) is 36.1. The van der Waals surface area contributed by atoms with Gasteiger partial charge in [0.2, 0.25) is 0 Å². The number of benzene rings is 1. The summed E-state index contributed by atoms with van der Waals surface area (Å²) in [5.41, 5.74) is 1.14. The van der Waals surface area contributed by atoms with E-state index in [0.29, 0.717) is 25.0 Å². The molecule has 1 aromatic carbocycles. The Morgan fingerprint density at radius 2 is 1.17 bits per heavy atom. The van der Waals surface area contributed by atoms with E-state index in [-0.39, 0.29) is 51.2 Å². The molecule has 0 N–H and O–H groups in total. The largest absolute Gasteiger partial charge is 0.497 e. The molecule has 8 atom stereocenters. The highest BCUT2D eigenvalue weighted by molar-refractivity contribution is 14.1. The van der Waals surface area contributed by atoms with Crippen molar-refractivity contribution < 1.29 is 22.8 Å². The maximum atomic E-state index is 7.43. The van der Waals surface area contributed by atoms with Crippen molar-refractivity contribution >= 4 is 47.5 Å². The molecular formula is C45H85IO5Si3. The molecule has 1 aromatic rings. The summed E-state index contributed by atoms with van der Waals surface area (Å²) in [4.78, 5) is 0. The fraction of sp³-hybridized carbons (Fsp3) is 0.822. The minimum atomic E-state index is -2.10. The van der Waals surface area contributed by atoms with E-state index in [1.165, 1.54) is 0 Å². The number of methoxy groups -OCH3 is 1. The molecule has 0 bridgehead atoms. The molecule has 0 spiro atoms. The summed E-state index contributed by atoms with van der Waals surface area (Å²) in [6.07, 6.45) is 3.34. The third kappa shape index (κ3) is 15.9. The average molecular weight is 917 g/mol. The molecule has 0 saturated heterocycles. The van der Waals surface area contributed by atoms with Crippen LogP contribution in [0.3, 0.4) is 0 Å². The lowest BCUT2D eigenvalue weighted by molar-refractivity contribution is -0.0726. The molecule has 9 heteroatoms. The van der Waals surface area contributed by atoms with Crippen molar-refractivity contribution in [1.82, 2.24) is 0 Å². The van der Waals surface area contributed by atoms with Gasteiger partial charge in [-0.15, -0.1) is 0 Å². The third-order valence-corrected chi connectivity index (χ3v) is 27.1. The molecule has 0 aliphatic heterocycles. The molecule has 0 amide bonds. The predicted molar refractivity (Wildman–Crippen MR) is 250 cm³/mol. The van der Waals surface area contributed by atoms with Gasteiger partial charge in [-0.2, -0.15) is 0 Å². The van der Waals surface area contributed by atoms with Crippen molar-refractivity contribution in [3.8, 4) is 15.6 Å². The Morgan fingerprint density at radius 1 is 0.667 bits per heavy atom. The number of rotatable bonds is 21. The van der Waals surface area contributed by atoms with Crippen molar-refractivity contribution in [3.63, 3.8) is 0 Å². The maximum Gasteiger partial charge on any atom is 0.192 e. The van der Waals surface area contributed by atoms with Gasteiger partial charge in [-0.3, -0.25) is 0 Å². The molecular weight excluding hydrogens is 832 g/mol. The van der Waals surface area contributed by atoms with Crippen molar-refractivity contribution in [1.29, 1.82) is 0 Å². The van der Waals surface area contributed by atoms with E-state index in [1.807, 2.05) is 12.1 Å². The first-order valence-electron chi connectivity index (χ1n) is 20.8. The summed E-state index contributed by atoms with van der Waals surface area (Å²) in [6, 6.07) is 8.25. The van der Waals surface area contributed by atoms with Gasteiger partial charge < -0.3 is 22.8 Å². The van der Waals surface area contributed by atoms with E-state index in [0.717, 1.165) is 30.6 Å². The van der Waals surface area contributed by atoms with Crippen molar-refractivity contribution in [2.24, 2.45) is 29.6 Å². The zero-order valence-electron chi connectivity index (χ0n) is 38.9. The second kappa shape index (κ2) is 21.2. The van der Waals surface area contributed by atoms with Crippen molar-refractivity contribution in [3.05, 3.63) is 29.8 Å². The van der Waals surface area contributed by atoms with E-state index in [9.17, 15) is 0 Å². The molecule has 314 valence electrons. The van der Waals surface area contributed by atoms with Crippen LogP contribution < -0.4 is 4.74 Å². The molecule has 0 fully saturated rings. The summed E-state index contributed by atoms with van der Waals surface area (Å²) in [5, 5.41) is 0.400. The molecule has 0 heterocycles. The van der Waals surface area contributed by atoms with Gasteiger partial charge in [0.05, 0.1) is 32.0 Å². The Hall–Kier alpha value is -0.199. The Bertz CT molecular complexity index is 1300. The molecule has 54 heavy (non-hydrogen) atoms. The first-order chi connectivity index (χ1) is 24.4. The van der Waals surface area contributed by atoms with Crippen LogP contribution in [0.4, 0.5) is 0 Å². The van der Waals surface area contributed by atoms with Crippen LogP contribution in [-0.2, 0) is 24.6 Å². The minimum absolute atomic E-state index is 0.0315. The second-order valence-electron chi connectivity index (χ2n) is 21.2. The van der Waals surface area contributed by atoms with Crippen LogP contribution in [0, 0.1) is 39.4 Å². The van der Waals surface area contributed by atoms with Crippen molar-refractivity contribution in [2.75, 3.05) is 13.7 Å². The lowest BCUT2D eigenvalue weighted by Gasteiger charge is -2.44. The highest BCUT2D eigenvalue weighted by atomic mass is 127. The standard InChI is InChI=1S/C45H85IO5Si3/c1-33(30-35(3)41(34(2)28-29-46)51-54(20,21)45(12,13)14)22-27-40(50-53(18,19)44(9,10)11)37(5)42(36(4)31-49-52(16,17)43(6,7)8)48-32-38-23-25-39(47-15)26-24-38/h23-26,33-37,40-42H,22,27,30-32H2,1-21H3/t33-,34-,35-,36-,37-,40+,41-,42-/m0/s1. The molecule has 0 aliphatic carbocycles. The normalized spacial score (nSPS) is 18.1. The molecule has 5 nitrogen and oxygen atoms in total. The summed E-state index contributed by atoms with van der Waals surface area (Å²) in [5.74, 6) is 5.78. The van der Waals surface area contributed by atoms with Gasteiger partial charge in [0.1, 0.15) is 5.75 Å².